The fourth-order valence-electron chi connectivity index (χ4n) is 3.35. The maximum absolute atomic E-state index is 14.6. The van der Waals surface area contributed by atoms with E-state index < -0.39 is 11.6 Å². The van der Waals surface area contributed by atoms with Gasteiger partial charge in [0.1, 0.15) is 11.6 Å². The van der Waals surface area contributed by atoms with E-state index in [4.69, 9.17) is 0 Å². The van der Waals surface area contributed by atoms with Gasteiger partial charge in [-0.2, -0.15) is 5.26 Å². The average molecular weight is 360 g/mol. The predicted octanol–water partition coefficient (Wildman–Crippen LogP) is 4.72. The first-order valence-corrected chi connectivity index (χ1v) is 8.39. The van der Waals surface area contributed by atoms with Gasteiger partial charge in [-0.25, -0.2) is 8.78 Å². The van der Waals surface area contributed by atoms with Crippen LogP contribution in [0.4, 0.5) is 8.78 Å². The molecule has 1 aliphatic rings. The number of carbonyl (C=O) groups is 1. The van der Waals surface area contributed by atoms with Gasteiger partial charge in [0.15, 0.2) is 0 Å². The molecular formula is C22H14F2N2O. The van der Waals surface area contributed by atoms with E-state index in [1.807, 2.05) is 12.1 Å². The molecular weight excluding hydrogens is 346 g/mol. The molecule has 0 saturated heterocycles. The Labute approximate surface area is 154 Å². The lowest BCUT2D eigenvalue weighted by Gasteiger charge is -2.14. The van der Waals surface area contributed by atoms with Crippen LogP contribution < -0.4 is 5.32 Å². The number of nitriles is 1. The molecule has 4 rings (SSSR count). The Morgan fingerprint density at radius 2 is 1.78 bits per heavy atom. The first-order valence-electron chi connectivity index (χ1n) is 8.39. The smallest absolute Gasteiger partial charge is 0.251 e. The number of nitrogens with one attached hydrogen (secondary N) is 1. The lowest BCUT2D eigenvalue weighted by molar-refractivity contribution is 0.0966. The summed E-state index contributed by atoms with van der Waals surface area (Å²) in [6.07, 6.45) is 0. The van der Waals surface area contributed by atoms with Crippen LogP contribution in [0.1, 0.15) is 27.0 Å². The summed E-state index contributed by atoms with van der Waals surface area (Å²) in [5.74, 6) is -1.54. The van der Waals surface area contributed by atoms with Crippen molar-refractivity contribution in [1.82, 2.24) is 5.32 Å². The van der Waals surface area contributed by atoms with Crippen molar-refractivity contribution in [3.8, 4) is 28.3 Å². The van der Waals surface area contributed by atoms with Crippen LogP contribution in [0.15, 0.2) is 48.5 Å². The first-order chi connectivity index (χ1) is 13.0. The third-order valence-corrected chi connectivity index (χ3v) is 4.77. The molecule has 0 aliphatic carbocycles. The van der Waals surface area contributed by atoms with Gasteiger partial charge < -0.3 is 5.32 Å². The minimum absolute atomic E-state index is 0.216. The molecule has 3 aromatic carbocycles. The van der Waals surface area contributed by atoms with Crippen LogP contribution in [0.25, 0.3) is 22.3 Å². The van der Waals surface area contributed by atoms with Gasteiger partial charge in [0.2, 0.25) is 0 Å². The van der Waals surface area contributed by atoms with E-state index in [1.165, 1.54) is 6.07 Å². The second kappa shape index (κ2) is 6.33. The number of hydrogen-bond acceptors (Lipinski definition) is 2. The molecule has 132 valence electrons. The molecule has 0 bridgehead atoms. The average Bonchev–Trinajstić information content (AvgIpc) is 3.04. The van der Waals surface area contributed by atoms with Crippen LogP contribution in [0, 0.1) is 29.9 Å². The summed E-state index contributed by atoms with van der Waals surface area (Å²) in [6.45, 7) is 1.96. The highest BCUT2D eigenvalue weighted by Crippen LogP contribution is 2.38. The molecule has 0 spiro atoms. The largest absolute Gasteiger partial charge is 0.348 e. The van der Waals surface area contributed by atoms with Gasteiger partial charge in [0, 0.05) is 23.7 Å². The summed E-state index contributed by atoms with van der Waals surface area (Å²) in [5.41, 5.74) is 4.19. The molecule has 27 heavy (non-hydrogen) atoms. The van der Waals surface area contributed by atoms with E-state index in [0.717, 1.165) is 17.2 Å². The zero-order chi connectivity index (χ0) is 19.1. The SMILES string of the molecule is Cc1cc(-c2cc3c(cc2-c2cccc(C#N)c2)CNC3=O)c(F)cc1F. The van der Waals surface area contributed by atoms with Crippen molar-refractivity contribution in [2.75, 3.05) is 0 Å². The van der Waals surface area contributed by atoms with Crippen molar-refractivity contribution in [1.29, 1.82) is 5.26 Å². The number of fused-ring (bicyclic) bond motifs is 1. The minimum Gasteiger partial charge on any atom is -0.348 e. The highest BCUT2D eigenvalue weighted by Gasteiger charge is 2.24. The summed E-state index contributed by atoms with van der Waals surface area (Å²) in [6, 6.07) is 14.8. The number of amides is 1. The summed E-state index contributed by atoms with van der Waals surface area (Å²) in [7, 11) is 0. The number of halogens is 2. The van der Waals surface area contributed by atoms with E-state index in [1.54, 1.807) is 31.2 Å². The van der Waals surface area contributed by atoms with Gasteiger partial charge in [-0.05, 0) is 65.1 Å². The zero-order valence-corrected chi connectivity index (χ0v) is 14.4. The predicted molar refractivity (Wildman–Crippen MR) is 97.9 cm³/mol. The molecule has 5 heteroatoms. The van der Waals surface area contributed by atoms with E-state index in [0.29, 0.717) is 34.4 Å². The molecule has 1 aliphatic heterocycles. The highest BCUT2D eigenvalue weighted by atomic mass is 19.1. The quantitative estimate of drug-likeness (QED) is 0.719. The Morgan fingerprint density at radius 1 is 0.963 bits per heavy atom. The zero-order valence-electron chi connectivity index (χ0n) is 14.4. The van der Waals surface area contributed by atoms with E-state index in [9.17, 15) is 18.8 Å². The van der Waals surface area contributed by atoms with Gasteiger partial charge in [0.25, 0.3) is 5.91 Å². The Morgan fingerprint density at radius 3 is 2.56 bits per heavy atom. The Bertz CT molecular complexity index is 1150. The van der Waals surface area contributed by atoms with Crippen molar-refractivity contribution in [2.45, 2.75) is 13.5 Å². The molecule has 1 amide bonds. The van der Waals surface area contributed by atoms with Crippen LogP contribution in [0.3, 0.4) is 0 Å². The monoisotopic (exact) mass is 360 g/mol. The van der Waals surface area contributed by atoms with Crippen molar-refractivity contribution < 1.29 is 13.6 Å². The summed E-state index contributed by atoms with van der Waals surface area (Å²) < 4.78 is 28.4. The third-order valence-electron chi connectivity index (χ3n) is 4.77. The van der Waals surface area contributed by atoms with E-state index in [-0.39, 0.29) is 11.5 Å². The van der Waals surface area contributed by atoms with Crippen LogP contribution in [0.2, 0.25) is 0 Å². The molecule has 0 atom stereocenters. The summed E-state index contributed by atoms with van der Waals surface area (Å²) in [5, 5.41) is 11.9. The summed E-state index contributed by atoms with van der Waals surface area (Å²) in [4.78, 5) is 12.1. The fourth-order valence-corrected chi connectivity index (χ4v) is 3.35. The van der Waals surface area contributed by atoms with Crippen molar-refractivity contribution in [3.63, 3.8) is 0 Å². The normalized spacial score (nSPS) is 12.4. The van der Waals surface area contributed by atoms with E-state index >= 15 is 0 Å². The van der Waals surface area contributed by atoms with E-state index in [2.05, 4.69) is 11.4 Å². The number of hydrogen-bond donors (Lipinski definition) is 1. The van der Waals surface area contributed by atoms with Gasteiger partial charge in [-0.3, -0.25) is 4.79 Å². The van der Waals surface area contributed by atoms with Crippen LogP contribution in [-0.2, 0) is 6.54 Å². The standard InChI is InChI=1S/C22H14F2N2O/c1-12-5-19(21(24)9-20(12)23)18-8-17-15(11-26-22(17)27)7-16(18)14-4-2-3-13(6-14)10-25/h2-9H,11H2,1H3,(H,26,27). The van der Waals surface area contributed by atoms with Crippen LogP contribution in [-0.4, -0.2) is 5.91 Å². The number of benzene rings is 3. The van der Waals surface area contributed by atoms with Gasteiger partial charge in [0.05, 0.1) is 11.6 Å². The maximum Gasteiger partial charge on any atom is 0.251 e. The Kier molecular flexibility index (Phi) is 3.97. The Balaban J connectivity index is 2.03. The fraction of sp³-hybridized carbons (Fsp3) is 0.0909. The maximum atomic E-state index is 14.6. The summed E-state index contributed by atoms with van der Waals surface area (Å²) >= 11 is 0. The molecule has 0 fully saturated rings. The molecule has 1 N–H and O–H groups in total. The molecule has 0 unspecified atom stereocenters. The molecule has 1 heterocycles. The topological polar surface area (TPSA) is 52.9 Å². The van der Waals surface area contributed by atoms with Crippen molar-refractivity contribution in [3.05, 3.63) is 82.4 Å². The van der Waals surface area contributed by atoms with Gasteiger partial charge in [-0.1, -0.05) is 12.1 Å². The minimum atomic E-state index is -0.700. The molecule has 0 radical (unpaired) electrons. The number of rotatable bonds is 2. The lowest BCUT2D eigenvalue weighted by Crippen LogP contribution is -2.12. The van der Waals surface area contributed by atoms with Crippen LogP contribution >= 0.6 is 0 Å². The van der Waals surface area contributed by atoms with Crippen LogP contribution in [0.5, 0.6) is 0 Å². The van der Waals surface area contributed by atoms with Crippen molar-refractivity contribution >= 4 is 5.91 Å². The Hall–Kier alpha value is -3.52. The lowest BCUT2D eigenvalue weighted by atomic mass is 9.89. The molecule has 3 nitrogen and oxygen atoms in total. The van der Waals surface area contributed by atoms with Crippen molar-refractivity contribution in [2.24, 2.45) is 0 Å². The number of nitrogens with zero attached hydrogens (tertiary/aromatic N) is 1. The highest BCUT2D eigenvalue weighted by molar-refractivity contribution is 6.01. The second-order valence-electron chi connectivity index (χ2n) is 6.51. The second-order valence-corrected chi connectivity index (χ2v) is 6.51. The first kappa shape index (κ1) is 16.9. The van der Waals surface area contributed by atoms with Gasteiger partial charge >= 0.3 is 0 Å². The molecule has 0 saturated carbocycles. The number of carbonyl (C=O) groups excluding carboxylic acids is 1. The van der Waals surface area contributed by atoms with Gasteiger partial charge in [-0.15, -0.1) is 0 Å². The molecule has 0 aromatic heterocycles. The molecule has 3 aromatic rings. The third kappa shape index (κ3) is 2.85. The number of aryl methyl sites for hydroxylation is 1.